The van der Waals surface area contributed by atoms with Crippen molar-refractivity contribution < 1.29 is 14.7 Å². The van der Waals surface area contributed by atoms with E-state index in [0.717, 1.165) is 70.3 Å². The molecule has 29 heavy (non-hydrogen) atoms. The fraction of sp³-hybridized carbons (Fsp3) is 0.667. The molecule has 2 fully saturated rings. The molecule has 4 rings (SSSR count). The molecule has 0 bridgehead atoms. The van der Waals surface area contributed by atoms with Crippen molar-refractivity contribution in [3.8, 4) is 0 Å². The number of amides is 1. The normalized spacial score (nSPS) is 23.6. The standard InChI is InChI=1S/C24H34N2O3/c27-23(19-6-2-1-3-7-19)26-14-5-8-20-16-18(10-11-22(20)26)12-15-25-13-4-9-21(17-25)24(28)29/h10-11,16,19,21H,1-9,12-15,17H2,(H,28,29). The average Bonchev–Trinajstić information content (AvgIpc) is 2.77. The smallest absolute Gasteiger partial charge is 0.307 e. The van der Waals surface area contributed by atoms with Crippen LogP contribution in [0.25, 0.3) is 0 Å². The van der Waals surface area contributed by atoms with Crippen LogP contribution in [-0.2, 0) is 22.4 Å². The maximum absolute atomic E-state index is 13.1. The number of nitrogens with zero attached hydrogens (tertiary/aromatic N) is 2. The van der Waals surface area contributed by atoms with E-state index < -0.39 is 5.97 Å². The van der Waals surface area contributed by atoms with Crippen molar-refractivity contribution in [2.45, 2.75) is 64.2 Å². The predicted octanol–water partition coefficient (Wildman–Crippen LogP) is 3.89. The number of aliphatic carboxylic acids is 1. The van der Waals surface area contributed by atoms with Crippen molar-refractivity contribution in [2.75, 3.05) is 31.1 Å². The number of likely N-dealkylation sites (tertiary alicyclic amines) is 1. The molecule has 0 spiro atoms. The lowest BCUT2D eigenvalue weighted by atomic mass is 9.87. The van der Waals surface area contributed by atoms with Crippen LogP contribution in [-0.4, -0.2) is 48.1 Å². The van der Waals surface area contributed by atoms with Gasteiger partial charge in [0.1, 0.15) is 0 Å². The minimum absolute atomic E-state index is 0.216. The Kier molecular flexibility index (Phi) is 6.53. The SMILES string of the molecule is O=C(O)C1CCCN(CCc2ccc3c(c2)CCCN3C(=O)C2CCCCC2)C1. The molecule has 2 aliphatic heterocycles. The van der Waals surface area contributed by atoms with E-state index in [9.17, 15) is 14.7 Å². The van der Waals surface area contributed by atoms with E-state index in [1.54, 1.807) is 0 Å². The molecule has 0 radical (unpaired) electrons. The summed E-state index contributed by atoms with van der Waals surface area (Å²) in [6.45, 7) is 3.43. The summed E-state index contributed by atoms with van der Waals surface area (Å²) >= 11 is 0. The van der Waals surface area contributed by atoms with Gasteiger partial charge in [-0.1, -0.05) is 31.4 Å². The number of piperidine rings is 1. The van der Waals surface area contributed by atoms with E-state index >= 15 is 0 Å². The van der Waals surface area contributed by atoms with Crippen molar-refractivity contribution >= 4 is 17.6 Å². The molecule has 1 aliphatic carbocycles. The zero-order valence-electron chi connectivity index (χ0n) is 17.4. The average molecular weight is 399 g/mol. The Morgan fingerprint density at radius 1 is 0.966 bits per heavy atom. The van der Waals surface area contributed by atoms with Gasteiger partial charge in [-0.3, -0.25) is 9.59 Å². The van der Waals surface area contributed by atoms with Gasteiger partial charge in [-0.15, -0.1) is 0 Å². The van der Waals surface area contributed by atoms with Gasteiger partial charge in [0.15, 0.2) is 0 Å². The first-order valence-corrected chi connectivity index (χ1v) is 11.5. The first-order chi connectivity index (χ1) is 14.1. The number of fused-ring (bicyclic) bond motifs is 1. The van der Waals surface area contributed by atoms with Crippen LogP contribution in [0.5, 0.6) is 0 Å². The van der Waals surface area contributed by atoms with Gasteiger partial charge in [0, 0.05) is 31.2 Å². The molecule has 1 atom stereocenters. The minimum Gasteiger partial charge on any atom is -0.481 e. The summed E-state index contributed by atoms with van der Waals surface area (Å²) in [7, 11) is 0. The second kappa shape index (κ2) is 9.29. The third kappa shape index (κ3) is 4.82. The zero-order chi connectivity index (χ0) is 20.2. The summed E-state index contributed by atoms with van der Waals surface area (Å²) < 4.78 is 0. The van der Waals surface area contributed by atoms with Gasteiger partial charge >= 0.3 is 5.97 Å². The van der Waals surface area contributed by atoms with Gasteiger partial charge in [0.2, 0.25) is 5.91 Å². The topological polar surface area (TPSA) is 60.9 Å². The molecule has 1 aromatic rings. The molecule has 5 nitrogen and oxygen atoms in total. The van der Waals surface area contributed by atoms with Gasteiger partial charge in [-0.05, 0) is 68.7 Å². The van der Waals surface area contributed by atoms with Crippen molar-refractivity contribution in [1.29, 1.82) is 0 Å². The van der Waals surface area contributed by atoms with Gasteiger partial charge < -0.3 is 14.9 Å². The lowest BCUT2D eigenvalue weighted by Gasteiger charge is -2.34. The monoisotopic (exact) mass is 398 g/mol. The third-order valence-electron chi connectivity index (χ3n) is 7.05. The van der Waals surface area contributed by atoms with E-state index in [0.29, 0.717) is 12.5 Å². The van der Waals surface area contributed by atoms with E-state index in [-0.39, 0.29) is 11.8 Å². The number of carboxylic acids is 1. The number of hydrogen-bond donors (Lipinski definition) is 1. The quantitative estimate of drug-likeness (QED) is 0.818. The Balaban J connectivity index is 1.39. The molecule has 2 heterocycles. The van der Waals surface area contributed by atoms with Crippen LogP contribution in [0.4, 0.5) is 5.69 Å². The molecule has 5 heteroatoms. The molecular formula is C24H34N2O3. The maximum atomic E-state index is 13.1. The summed E-state index contributed by atoms with van der Waals surface area (Å²) in [6, 6.07) is 6.61. The first-order valence-electron chi connectivity index (χ1n) is 11.5. The van der Waals surface area contributed by atoms with E-state index in [2.05, 4.69) is 28.0 Å². The van der Waals surface area contributed by atoms with Crippen LogP contribution in [0, 0.1) is 11.8 Å². The number of anilines is 1. The zero-order valence-corrected chi connectivity index (χ0v) is 17.4. The van der Waals surface area contributed by atoms with Gasteiger partial charge in [-0.2, -0.15) is 0 Å². The molecule has 1 saturated heterocycles. The number of carbonyl (C=O) groups is 2. The summed E-state index contributed by atoms with van der Waals surface area (Å²) in [5.41, 5.74) is 3.73. The molecule has 3 aliphatic rings. The highest BCUT2D eigenvalue weighted by atomic mass is 16.4. The molecule has 1 N–H and O–H groups in total. The second-order valence-corrected chi connectivity index (χ2v) is 9.12. The molecule has 1 saturated carbocycles. The van der Waals surface area contributed by atoms with Crippen molar-refractivity contribution in [3.05, 3.63) is 29.3 Å². The van der Waals surface area contributed by atoms with Crippen molar-refractivity contribution in [1.82, 2.24) is 4.90 Å². The molecule has 1 amide bonds. The fourth-order valence-corrected chi connectivity index (χ4v) is 5.35. The molecule has 1 aromatic carbocycles. The van der Waals surface area contributed by atoms with Crippen LogP contribution in [0.1, 0.15) is 62.5 Å². The second-order valence-electron chi connectivity index (χ2n) is 9.12. The van der Waals surface area contributed by atoms with Gasteiger partial charge in [0.25, 0.3) is 0 Å². The van der Waals surface area contributed by atoms with Crippen LogP contribution >= 0.6 is 0 Å². The number of hydrogen-bond acceptors (Lipinski definition) is 3. The Bertz CT molecular complexity index is 742. The van der Waals surface area contributed by atoms with Crippen LogP contribution in [0.3, 0.4) is 0 Å². The number of carboxylic acid groups (broad SMARTS) is 1. The van der Waals surface area contributed by atoms with Crippen LogP contribution < -0.4 is 4.90 Å². The first kappa shape index (κ1) is 20.4. The summed E-state index contributed by atoms with van der Waals surface area (Å²) in [6.07, 6.45) is 10.6. The number of rotatable bonds is 5. The summed E-state index contributed by atoms with van der Waals surface area (Å²) in [5, 5.41) is 9.28. The molecule has 1 unspecified atom stereocenters. The third-order valence-corrected chi connectivity index (χ3v) is 7.05. The molecular weight excluding hydrogens is 364 g/mol. The Morgan fingerprint density at radius 3 is 2.55 bits per heavy atom. The van der Waals surface area contributed by atoms with E-state index in [1.807, 2.05) is 0 Å². The molecule has 0 aromatic heterocycles. The number of aryl methyl sites for hydroxylation is 1. The minimum atomic E-state index is -0.661. The van der Waals surface area contributed by atoms with Gasteiger partial charge in [-0.25, -0.2) is 0 Å². The lowest BCUT2D eigenvalue weighted by molar-refractivity contribution is -0.143. The van der Waals surface area contributed by atoms with Crippen molar-refractivity contribution in [2.24, 2.45) is 11.8 Å². The van der Waals surface area contributed by atoms with Crippen molar-refractivity contribution in [3.63, 3.8) is 0 Å². The Morgan fingerprint density at radius 2 is 1.76 bits per heavy atom. The largest absolute Gasteiger partial charge is 0.481 e. The maximum Gasteiger partial charge on any atom is 0.307 e. The number of carbonyl (C=O) groups excluding carboxylic acids is 1. The van der Waals surface area contributed by atoms with E-state index in [4.69, 9.17) is 0 Å². The summed E-state index contributed by atoms with van der Waals surface area (Å²) in [4.78, 5) is 28.7. The number of benzene rings is 1. The van der Waals surface area contributed by atoms with E-state index in [1.165, 1.54) is 30.4 Å². The predicted molar refractivity (Wildman–Crippen MR) is 114 cm³/mol. The van der Waals surface area contributed by atoms with Crippen LogP contribution in [0.2, 0.25) is 0 Å². The van der Waals surface area contributed by atoms with Gasteiger partial charge in [0.05, 0.1) is 5.92 Å². The van der Waals surface area contributed by atoms with Crippen LogP contribution in [0.15, 0.2) is 18.2 Å². The highest BCUT2D eigenvalue weighted by molar-refractivity contribution is 5.96. The molecule has 158 valence electrons. The highest BCUT2D eigenvalue weighted by Gasteiger charge is 2.30. The fourth-order valence-electron chi connectivity index (χ4n) is 5.35. The Hall–Kier alpha value is -1.88. The summed E-state index contributed by atoms with van der Waals surface area (Å²) in [5.74, 6) is -0.320. The lowest BCUT2D eigenvalue weighted by Crippen LogP contribution is -2.40. The Labute approximate surface area is 174 Å². The highest BCUT2D eigenvalue weighted by Crippen LogP contribution is 2.33.